The van der Waals surface area contributed by atoms with Gasteiger partial charge in [0.15, 0.2) is 11.5 Å². The minimum absolute atomic E-state index is 0.0333. The molecule has 0 saturated heterocycles. The van der Waals surface area contributed by atoms with Crippen molar-refractivity contribution in [3.05, 3.63) is 58.2 Å². The van der Waals surface area contributed by atoms with Gasteiger partial charge >= 0.3 is 0 Å². The van der Waals surface area contributed by atoms with Crippen molar-refractivity contribution in [2.24, 2.45) is 0 Å². The summed E-state index contributed by atoms with van der Waals surface area (Å²) in [5.41, 5.74) is 2.87. The number of carbonyl (C=O) groups excluding carboxylic acids is 1. The number of nitrogens with one attached hydrogen (secondary N) is 1. The van der Waals surface area contributed by atoms with E-state index >= 15 is 0 Å². The Morgan fingerprint density at radius 3 is 2.68 bits per heavy atom. The number of carbonyl (C=O) groups is 1. The third-order valence-electron chi connectivity index (χ3n) is 6.33. The van der Waals surface area contributed by atoms with Crippen molar-refractivity contribution < 1.29 is 24.1 Å². The zero-order valence-corrected chi connectivity index (χ0v) is 22.5. The highest BCUT2D eigenvalue weighted by molar-refractivity contribution is 6.31. The molecular formula is C28H34ClN3O5. The molecule has 37 heavy (non-hydrogen) atoms. The summed E-state index contributed by atoms with van der Waals surface area (Å²) in [5.74, 6) is 1.12. The number of benzene rings is 2. The Labute approximate surface area is 222 Å². The molecule has 2 aromatic carbocycles. The van der Waals surface area contributed by atoms with Crippen LogP contribution in [0, 0.1) is 0 Å². The molecule has 0 bridgehead atoms. The van der Waals surface area contributed by atoms with Crippen molar-refractivity contribution in [1.29, 1.82) is 0 Å². The summed E-state index contributed by atoms with van der Waals surface area (Å²) in [4.78, 5) is 15.4. The van der Waals surface area contributed by atoms with E-state index in [-0.39, 0.29) is 17.8 Å². The van der Waals surface area contributed by atoms with Crippen LogP contribution in [0.5, 0.6) is 17.2 Å². The van der Waals surface area contributed by atoms with E-state index in [2.05, 4.69) is 17.1 Å². The molecule has 0 fully saturated rings. The number of hydrogen-bond donors (Lipinski definition) is 2. The summed E-state index contributed by atoms with van der Waals surface area (Å²) in [6.45, 7) is 7.70. The lowest BCUT2D eigenvalue weighted by Gasteiger charge is -2.27. The molecule has 2 heterocycles. The summed E-state index contributed by atoms with van der Waals surface area (Å²) >= 11 is 6.24. The summed E-state index contributed by atoms with van der Waals surface area (Å²) in [7, 11) is 1.60. The Bertz CT molecular complexity index is 1240. The molecule has 0 radical (unpaired) electrons. The van der Waals surface area contributed by atoms with Gasteiger partial charge in [-0.3, -0.25) is 9.89 Å². The standard InChI is InChI=1S/C28H34ClN3O5/c1-5-6-13-37-22-11-8-18(15-23(22)35-4)27-24-25(20-16-19(29)9-10-21(20)33)30-31-26(24)28(34)32(27)12-7-14-36-17(2)3/h8-11,15-17,27,33H,5-7,12-14H2,1-4H3,(H,30,31). The van der Waals surface area contributed by atoms with Crippen molar-refractivity contribution in [2.75, 3.05) is 26.9 Å². The number of phenolic OH excluding ortho intramolecular Hbond substituents is 1. The number of H-pyrrole nitrogens is 1. The number of fused-ring (bicyclic) bond motifs is 1. The van der Waals surface area contributed by atoms with Crippen LogP contribution in [-0.2, 0) is 4.74 Å². The predicted octanol–water partition coefficient (Wildman–Crippen LogP) is 5.98. The van der Waals surface area contributed by atoms with Gasteiger partial charge in [0.05, 0.1) is 25.9 Å². The number of unbranched alkanes of at least 4 members (excludes halogenated alkanes) is 1. The zero-order valence-electron chi connectivity index (χ0n) is 21.7. The van der Waals surface area contributed by atoms with Gasteiger partial charge < -0.3 is 24.2 Å². The zero-order chi connectivity index (χ0) is 26.5. The SMILES string of the molecule is CCCCOc1ccc(C2c3c(-c4cc(Cl)ccc4O)n[nH]c3C(=O)N2CCCOC(C)C)cc1OC. The number of ether oxygens (including phenoxy) is 3. The van der Waals surface area contributed by atoms with Crippen molar-refractivity contribution >= 4 is 17.5 Å². The molecule has 198 valence electrons. The highest BCUT2D eigenvalue weighted by atomic mass is 35.5. The van der Waals surface area contributed by atoms with Crippen LogP contribution < -0.4 is 9.47 Å². The molecule has 1 unspecified atom stereocenters. The number of nitrogens with zero attached hydrogens (tertiary/aromatic N) is 2. The molecule has 3 aromatic rings. The van der Waals surface area contributed by atoms with E-state index in [0.717, 1.165) is 18.4 Å². The normalized spacial score (nSPS) is 14.9. The van der Waals surface area contributed by atoms with Crippen LogP contribution in [0.25, 0.3) is 11.3 Å². The summed E-state index contributed by atoms with van der Waals surface area (Å²) in [5, 5.41) is 18.4. The summed E-state index contributed by atoms with van der Waals surface area (Å²) < 4.78 is 17.3. The number of amides is 1. The molecular weight excluding hydrogens is 494 g/mol. The van der Waals surface area contributed by atoms with Crippen LogP contribution in [-0.4, -0.2) is 59.1 Å². The lowest BCUT2D eigenvalue weighted by molar-refractivity contribution is 0.0601. The van der Waals surface area contributed by atoms with E-state index in [1.165, 1.54) is 6.07 Å². The quantitative estimate of drug-likeness (QED) is 0.281. The molecule has 1 aliphatic rings. The first kappa shape index (κ1) is 26.8. The third-order valence-corrected chi connectivity index (χ3v) is 6.57. The Hall–Kier alpha value is -3.23. The second-order valence-corrected chi connectivity index (χ2v) is 9.75. The fourth-order valence-corrected chi connectivity index (χ4v) is 4.70. The van der Waals surface area contributed by atoms with Crippen LogP contribution in [0.15, 0.2) is 36.4 Å². The molecule has 0 spiro atoms. The lowest BCUT2D eigenvalue weighted by atomic mass is 9.95. The molecule has 1 aromatic heterocycles. The van der Waals surface area contributed by atoms with E-state index in [4.69, 9.17) is 25.8 Å². The van der Waals surface area contributed by atoms with E-state index in [0.29, 0.717) is 65.2 Å². The topological polar surface area (TPSA) is 96.9 Å². The maximum atomic E-state index is 13.6. The van der Waals surface area contributed by atoms with Gasteiger partial charge in [-0.2, -0.15) is 5.10 Å². The number of aromatic hydroxyl groups is 1. The second-order valence-electron chi connectivity index (χ2n) is 9.31. The first-order chi connectivity index (χ1) is 17.8. The fourth-order valence-electron chi connectivity index (χ4n) is 4.53. The number of aromatic nitrogens is 2. The molecule has 4 rings (SSSR count). The monoisotopic (exact) mass is 527 g/mol. The Kier molecular flexibility index (Phi) is 8.61. The van der Waals surface area contributed by atoms with Crippen LogP contribution in [0.4, 0.5) is 0 Å². The summed E-state index contributed by atoms with van der Waals surface area (Å²) in [6.07, 6.45) is 2.76. The molecule has 1 amide bonds. The smallest absolute Gasteiger partial charge is 0.273 e. The van der Waals surface area contributed by atoms with Gasteiger partial charge in [-0.25, -0.2) is 0 Å². The van der Waals surface area contributed by atoms with Gasteiger partial charge in [0.25, 0.3) is 5.91 Å². The van der Waals surface area contributed by atoms with Gasteiger partial charge in [-0.1, -0.05) is 31.0 Å². The van der Waals surface area contributed by atoms with Crippen LogP contribution >= 0.6 is 11.6 Å². The Morgan fingerprint density at radius 1 is 1.14 bits per heavy atom. The van der Waals surface area contributed by atoms with E-state index in [1.54, 1.807) is 19.2 Å². The molecule has 1 atom stereocenters. The highest BCUT2D eigenvalue weighted by Gasteiger charge is 2.42. The maximum Gasteiger partial charge on any atom is 0.273 e. The van der Waals surface area contributed by atoms with E-state index in [9.17, 15) is 9.90 Å². The first-order valence-electron chi connectivity index (χ1n) is 12.7. The molecule has 2 N–H and O–H groups in total. The van der Waals surface area contributed by atoms with Gasteiger partial charge in [-0.15, -0.1) is 0 Å². The van der Waals surface area contributed by atoms with Crippen molar-refractivity contribution in [3.63, 3.8) is 0 Å². The number of hydrogen-bond acceptors (Lipinski definition) is 6. The number of halogens is 1. The van der Waals surface area contributed by atoms with Gasteiger partial charge in [0.2, 0.25) is 0 Å². The minimum atomic E-state index is -0.452. The first-order valence-corrected chi connectivity index (χ1v) is 13.0. The number of aromatic amines is 1. The van der Waals surface area contributed by atoms with Crippen molar-refractivity contribution in [1.82, 2.24) is 15.1 Å². The number of methoxy groups -OCH3 is 1. The molecule has 9 heteroatoms. The number of rotatable bonds is 12. The lowest BCUT2D eigenvalue weighted by Crippen LogP contribution is -2.31. The van der Waals surface area contributed by atoms with E-state index < -0.39 is 6.04 Å². The molecule has 0 aliphatic carbocycles. The van der Waals surface area contributed by atoms with Gasteiger partial charge in [-0.05, 0) is 62.6 Å². The Balaban J connectivity index is 1.76. The van der Waals surface area contributed by atoms with Crippen molar-refractivity contribution in [2.45, 2.75) is 52.2 Å². The largest absolute Gasteiger partial charge is 0.507 e. The van der Waals surface area contributed by atoms with Crippen LogP contribution in [0.3, 0.4) is 0 Å². The summed E-state index contributed by atoms with van der Waals surface area (Å²) in [6, 6.07) is 10.1. The highest BCUT2D eigenvalue weighted by Crippen LogP contribution is 2.46. The predicted molar refractivity (Wildman–Crippen MR) is 143 cm³/mol. The maximum absolute atomic E-state index is 13.6. The van der Waals surface area contributed by atoms with Gasteiger partial charge in [0, 0.05) is 29.3 Å². The average Bonchev–Trinajstić information content (AvgIpc) is 3.42. The number of phenols is 1. The van der Waals surface area contributed by atoms with E-state index in [1.807, 2.05) is 36.9 Å². The van der Waals surface area contributed by atoms with Crippen LogP contribution in [0.2, 0.25) is 5.02 Å². The van der Waals surface area contributed by atoms with Crippen molar-refractivity contribution in [3.8, 4) is 28.5 Å². The van der Waals surface area contributed by atoms with Gasteiger partial charge in [0.1, 0.15) is 17.1 Å². The molecule has 1 aliphatic heterocycles. The van der Waals surface area contributed by atoms with Crippen LogP contribution in [0.1, 0.15) is 67.7 Å². The Morgan fingerprint density at radius 2 is 1.95 bits per heavy atom. The minimum Gasteiger partial charge on any atom is -0.507 e. The average molecular weight is 528 g/mol. The fraction of sp³-hybridized carbons (Fsp3) is 0.429. The second kappa shape index (κ2) is 11.9. The third kappa shape index (κ3) is 5.70. The molecule has 0 saturated carbocycles. The molecule has 8 nitrogen and oxygen atoms in total.